The Kier molecular flexibility index (Phi) is 5.92. The van der Waals surface area contributed by atoms with Gasteiger partial charge >= 0.3 is 5.97 Å². The van der Waals surface area contributed by atoms with Crippen molar-refractivity contribution in [3.63, 3.8) is 0 Å². The number of carboxylic acid groups (broad SMARTS) is 1. The molecule has 2 heterocycles. The number of benzene rings is 2. The van der Waals surface area contributed by atoms with Crippen molar-refractivity contribution >= 4 is 22.6 Å². The molecular formula is C28H35N3O2. The summed E-state index contributed by atoms with van der Waals surface area (Å²) in [5.74, 6) is 0.0983. The van der Waals surface area contributed by atoms with Crippen molar-refractivity contribution in [1.82, 2.24) is 9.47 Å². The minimum atomic E-state index is -0.859. The molecule has 1 fully saturated rings. The molecule has 5 nitrogen and oxygen atoms in total. The SMILES string of the molecule is CN(C)CC1CN(C)c2ccccc2-c2c(C3CCCCC3)c3ccc(C(=O)O)cc3n2C1. The van der Waals surface area contributed by atoms with Gasteiger partial charge in [-0.15, -0.1) is 0 Å². The Labute approximate surface area is 196 Å². The van der Waals surface area contributed by atoms with Crippen LogP contribution in [-0.4, -0.2) is 54.8 Å². The van der Waals surface area contributed by atoms with Gasteiger partial charge in [0.1, 0.15) is 0 Å². The Bertz CT molecular complexity index is 1170. The molecule has 2 aliphatic rings. The molecule has 1 N–H and O–H groups in total. The molecule has 0 amide bonds. The molecule has 3 aromatic rings. The second-order valence-corrected chi connectivity index (χ2v) is 10.3. The Morgan fingerprint density at radius 1 is 1.06 bits per heavy atom. The summed E-state index contributed by atoms with van der Waals surface area (Å²) in [6.07, 6.45) is 6.29. The zero-order chi connectivity index (χ0) is 23.1. The number of hydrogen-bond donors (Lipinski definition) is 1. The fraction of sp³-hybridized carbons (Fsp3) is 0.464. The molecule has 1 saturated carbocycles. The van der Waals surface area contributed by atoms with Crippen molar-refractivity contribution in [2.24, 2.45) is 5.92 Å². The zero-order valence-corrected chi connectivity index (χ0v) is 20.1. The number of aromatic nitrogens is 1. The molecule has 0 bridgehead atoms. The quantitative estimate of drug-likeness (QED) is 0.561. The summed E-state index contributed by atoms with van der Waals surface area (Å²) in [6, 6.07) is 14.5. The highest BCUT2D eigenvalue weighted by molar-refractivity contribution is 5.99. The molecule has 1 aromatic heterocycles. The van der Waals surface area contributed by atoms with E-state index in [0.717, 1.165) is 25.2 Å². The average molecular weight is 446 g/mol. The first-order chi connectivity index (χ1) is 15.9. The first-order valence-electron chi connectivity index (χ1n) is 12.3. The maximum atomic E-state index is 11.9. The van der Waals surface area contributed by atoms with E-state index in [0.29, 0.717) is 17.4 Å². The highest BCUT2D eigenvalue weighted by Crippen LogP contribution is 2.47. The number of para-hydroxylation sites is 1. The van der Waals surface area contributed by atoms with Crippen molar-refractivity contribution < 1.29 is 9.90 Å². The second-order valence-electron chi connectivity index (χ2n) is 10.3. The lowest BCUT2D eigenvalue weighted by Gasteiger charge is -2.34. The van der Waals surface area contributed by atoms with Crippen LogP contribution >= 0.6 is 0 Å². The summed E-state index contributed by atoms with van der Waals surface area (Å²) >= 11 is 0. The summed E-state index contributed by atoms with van der Waals surface area (Å²) in [5.41, 5.74) is 6.74. The van der Waals surface area contributed by atoms with E-state index in [9.17, 15) is 9.90 Å². The predicted octanol–water partition coefficient (Wildman–Crippen LogP) is 5.68. The minimum Gasteiger partial charge on any atom is -0.478 e. The van der Waals surface area contributed by atoms with Gasteiger partial charge in [-0.2, -0.15) is 0 Å². The lowest BCUT2D eigenvalue weighted by atomic mass is 9.81. The fourth-order valence-electron chi connectivity index (χ4n) is 6.23. The van der Waals surface area contributed by atoms with Crippen LogP contribution in [0, 0.1) is 5.92 Å². The van der Waals surface area contributed by atoms with Gasteiger partial charge in [-0.3, -0.25) is 0 Å². The van der Waals surface area contributed by atoms with Crippen LogP contribution in [0.25, 0.3) is 22.2 Å². The van der Waals surface area contributed by atoms with E-state index in [1.54, 1.807) is 6.07 Å². The van der Waals surface area contributed by atoms with Crippen LogP contribution in [0.5, 0.6) is 0 Å². The van der Waals surface area contributed by atoms with Crippen LogP contribution in [0.1, 0.15) is 53.9 Å². The van der Waals surface area contributed by atoms with E-state index in [2.05, 4.69) is 65.8 Å². The highest BCUT2D eigenvalue weighted by Gasteiger charge is 2.31. The molecule has 1 atom stereocenters. The lowest BCUT2D eigenvalue weighted by molar-refractivity contribution is 0.0697. The highest BCUT2D eigenvalue weighted by atomic mass is 16.4. The number of carboxylic acids is 1. The monoisotopic (exact) mass is 445 g/mol. The molecule has 0 saturated heterocycles. The van der Waals surface area contributed by atoms with Gasteiger partial charge in [0.2, 0.25) is 0 Å². The molecule has 5 rings (SSSR count). The van der Waals surface area contributed by atoms with Gasteiger partial charge in [-0.1, -0.05) is 43.5 Å². The first kappa shape index (κ1) is 22.0. The summed E-state index contributed by atoms with van der Waals surface area (Å²) in [4.78, 5) is 16.6. The topological polar surface area (TPSA) is 48.7 Å². The van der Waals surface area contributed by atoms with Crippen molar-refractivity contribution in [3.8, 4) is 11.3 Å². The van der Waals surface area contributed by atoms with Crippen LogP contribution in [0.2, 0.25) is 0 Å². The molecule has 174 valence electrons. The van der Waals surface area contributed by atoms with Crippen LogP contribution < -0.4 is 4.90 Å². The Morgan fingerprint density at radius 3 is 2.55 bits per heavy atom. The van der Waals surface area contributed by atoms with Crippen molar-refractivity contribution in [2.75, 3.05) is 39.1 Å². The van der Waals surface area contributed by atoms with Gasteiger partial charge in [0.25, 0.3) is 0 Å². The van der Waals surface area contributed by atoms with E-state index in [1.165, 1.54) is 60.0 Å². The second kappa shape index (κ2) is 8.86. The fourth-order valence-corrected chi connectivity index (χ4v) is 6.23. The van der Waals surface area contributed by atoms with Gasteiger partial charge < -0.3 is 19.5 Å². The summed E-state index contributed by atoms with van der Waals surface area (Å²) in [6.45, 7) is 2.84. The number of aromatic carboxylic acids is 1. The van der Waals surface area contributed by atoms with E-state index < -0.39 is 5.97 Å². The van der Waals surface area contributed by atoms with Crippen molar-refractivity contribution in [2.45, 2.75) is 44.6 Å². The van der Waals surface area contributed by atoms with Gasteiger partial charge in [0.05, 0.1) is 11.3 Å². The van der Waals surface area contributed by atoms with Crippen LogP contribution in [-0.2, 0) is 6.54 Å². The van der Waals surface area contributed by atoms with Crippen molar-refractivity contribution in [1.29, 1.82) is 0 Å². The molecule has 0 radical (unpaired) electrons. The summed E-state index contributed by atoms with van der Waals surface area (Å²) in [7, 11) is 6.48. The van der Waals surface area contributed by atoms with Crippen molar-refractivity contribution in [3.05, 3.63) is 53.6 Å². The third-order valence-corrected chi connectivity index (χ3v) is 7.53. The van der Waals surface area contributed by atoms with Gasteiger partial charge in [-0.25, -0.2) is 4.79 Å². The van der Waals surface area contributed by atoms with E-state index in [-0.39, 0.29) is 0 Å². The third kappa shape index (κ3) is 4.04. The average Bonchev–Trinajstić information content (AvgIpc) is 3.11. The van der Waals surface area contributed by atoms with E-state index in [1.807, 2.05) is 6.07 Å². The number of carbonyl (C=O) groups is 1. The first-order valence-corrected chi connectivity index (χ1v) is 12.3. The maximum Gasteiger partial charge on any atom is 0.335 e. The summed E-state index contributed by atoms with van der Waals surface area (Å²) in [5, 5.41) is 11.0. The molecule has 1 aliphatic carbocycles. The normalized spacial score (nSPS) is 19.3. The number of hydrogen-bond acceptors (Lipinski definition) is 3. The zero-order valence-electron chi connectivity index (χ0n) is 20.1. The molecule has 1 aliphatic heterocycles. The van der Waals surface area contributed by atoms with E-state index >= 15 is 0 Å². The molecule has 2 aromatic carbocycles. The van der Waals surface area contributed by atoms with Gasteiger partial charge in [0, 0.05) is 54.8 Å². The van der Waals surface area contributed by atoms with E-state index in [4.69, 9.17) is 0 Å². The maximum absolute atomic E-state index is 11.9. The summed E-state index contributed by atoms with van der Waals surface area (Å²) < 4.78 is 2.46. The molecule has 33 heavy (non-hydrogen) atoms. The Hall–Kier alpha value is -2.79. The Morgan fingerprint density at radius 2 is 1.82 bits per heavy atom. The third-order valence-electron chi connectivity index (χ3n) is 7.53. The standard InChI is InChI=1S/C28H35N3O2/c1-29(2)16-19-17-30(3)24-12-8-7-11-23(24)27-26(20-9-5-4-6-10-20)22-14-13-21(28(32)33)15-25(22)31(27)18-19/h7-8,11-15,19-20H,4-6,9-10,16-18H2,1-3H3,(H,32,33). The van der Waals surface area contributed by atoms with Gasteiger partial charge in [-0.05, 0) is 56.6 Å². The number of anilines is 1. The minimum absolute atomic E-state index is 0.370. The number of fused-ring (bicyclic) bond motifs is 5. The Balaban J connectivity index is 1.82. The van der Waals surface area contributed by atoms with Crippen LogP contribution in [0.15, 0.2) is 42.5 Å². The largest absolute Gasteiger partial charge is 0.478 e. The van der Waals surface area contributed by atoms with Crippen LogP contribution in [0.3, 0.4) is 0 Å². The lowest BCUT2D eigenvalue weighted by Crippen LogP contribution is -2.36. The molecular weight excluding hydrogens is 410 g/mol. The predicted molar refractivity (Wildman–Crippen MR) is 135 cm³/mol. The molecule has 0 spiro atoms. The number of nitrogens with zero attached hydrogens (tertiary/aromatic N) is 3. The molecule has 1 unspecified atom stereocenters. The molecule has 5 heteroatoms. The smallest absolute Gasteiger partial charge is 0.335 e. The van der Waals surface area contributed by atoms with Gasteiger partial charge in [0.15, 0.2) is 0 Å². The number of rotatable bonds is 4. The van der Waals surface area contributed by atoms with Crippen LogP contribution in [0.4, 0.5) is 5.69 Å².